The molecule has 2 rings (SSSR count). The van der Waals surface area contributed by atoms with Gasteiger partial charge in [-0.25, -0.2) is 4.98 Å². The van der Waals surface area contributed by atoms with Crippen molar-refractivity contribution in [1.82, 2.24) is 4.98 Å². The van der Waals surface area contributed by atoms with Crippen LogP contribution in [0.4, 0.5) is 0 Å². The third kappa shape index (κ3) is 3.80. The van der Waals surface area contributed by atoms with Crippen LogP contribution in [0.3, 0.4) is 0 Å². The van der Waals surface area contributed by atoms with Crippen molar-refractivity contribution >= 4 is 5.97 Å². The molecule has 20 heavy (non-hydrogen) atoms. The van der Waals surface area contributed by atoms with E-state index in [1.54, 1.807) is 30.5 Å². The molecule has 5 heteroatoms. The highest BCUT2D eigenvalue weighted by molar-refractivity contribution is 5.67. The summed E-state index contributed by atoms with van der Waals surface area (Å²) in [6, 6.07) is 10.6. The fourth-order valence-corrected chi connectivity index (χ4v) is 1.72. The first-order valence-corrected chi connectivity index (χ1v) is 6.22. The Bertz CT molecular complexity index is 581. The van der Waals surface area contributed by atoms with Crippen molar-refractivity contribution in [2.24, 2.45) is 0 Å². The number of aryl methyl sites for hydroxylation is 1. The van der Waals surface area contributed by atoms with E-state index < -0.39 is 5.97 Å². The van der Waals surface area contributed by atoms with E-state index in [2.05, 4.69) is 4.98 Å². The molecule has 0 fully saturated rings. The summed E-state index contributed by atoms with van der Waals surface area (Å²) in [5.41, 5.74) is 1.55. The number of aliphatic hydroxyl groups excluding tert-OH is 1. The number of hydrogen-bond acceptors (Lipinski definition) is 4. The molecular weight excluding hydrogens is 258 g/mol. The highest BCUT2D eigenvalue weighted by Crippen LogP contribution is 2.23. The monoisotopic (exact) mass is 273 g/mol. The Morgan fingerprint density at radius 3 is 2.60 bits per heavy atom. The average Bonchev–Trinajstić information content (AvgIpc) is 2.47. The fraction of sp³-hybridized carbons (Fsp3) is 0.200. The summed E-state index contributed by atoms with van der Waals surface area (Å²) in [5.74, 6) is 0.150. The van der Waals surface area contributed by atoms with Gasteiger partial charge in [-0.1, -0.05) is 12.1 Å². The summed E-state index contributed by atoms with van der Waals surface area (Å²) < 4.78 is 5.59. The number of aromatic nitrogens is 1. The lowest BCUT2D eigenvalue weighted by atomic mass is 10.1. The molecule has 1 aromatic heterocycles. The molecule has 0 unspecified atom stereocenters. The number of pyridine rings is 1. The van der Waals surface area contributed by atoms with Gasteiger partial charge in [0.2, 0.25) is 5.88 Å². The van der Waals surface area contributed by atoms with Crippen LogP contribution in [0.25, 0.3) is 0 Å². The number of aliphatic carboxylic acids is 1. The Hall–Kier alpha value is -2.40. The summed E-state index contributed by atoms with van der Waals surface area (Å²) in [6.45, 7) is -0.139. The zero-order chi connectivity index (χ0) is 14.4. The van der Waals surface area contributed by atoms with Gasteiger partial charge in [0.1, 0.15) is 5.75 Å². The van der Waals surface area contributed by atoms with Crippen LogP contribution in [-0.2, 0) is 17.8 Å². The van der Waals surface area contributed by atoms with E-state index in [1.165, 1.54) is 0 Å². The van der Waals surface area contributed by atoms with Gasteiger partial charge in [0.05, 0.1) is 6.61 Å². The third-order valence-corrected chi connectivity index (χ3v) is 2.79. The Kier molecular flexibility index (Phi) is 4.68. The third-order valence-electron chi connectivity index (χ3n) is 2.79. The number of carbonyl (C=O) groups is 1. The highest BCUT2D eigenvalue weighted by Gasteiger charge is 2.05. The standard InChI is InChI=1S/C15H15NO4/c17-10-12-2-1-9-16-15(12)20-13-6-3-11(4-7-13)5-8-14(18)19/h1-4,6-7,9,17H,5,8,10H2,(H,18,19). The predicted molar refractivity (Wildman–Crippen MR) is 72.6 cm³/mol. The molecule has 0 aliphatic rings. The molecule has 2 aromatic rings. The van der Waals surface area contributed by atoms with E-state index in [9.17, 15) is 9.90 Å². The van der Waals surface area contributed by atoms with Crippen molar-refractivity contribution in [1.29, 1.82) is 0 Å². The topological polar surface area (TPSA) is 79.7 Å². The molecule has 0 spiro atoms. The lowest BCUT2D eigenvalue weighted by Crippen LogP contribution is -1.97. The zero-order valence-corrected chi connectivity index (χ0v) is 10.8. The number of rotatable bonds is 6. The molecule has 0 saturated carbocycles. The summed E-state index contributed by atoms with van der Waals surface area (Å²) in [4.78, 5) is 14.6. The van der Waals surface area contributed by atoms with E-state index in [4.69, 9.17) is 9.84 Å². The van der Waals surface area contributed by atoms with Gasteiger partial charge < -0.3 is 14.9 Å². The van der Waals surface area contributed by atoms with Crippen LogP contribution in [0.2, 0.25) is 0 Å². The van der Waals surface area contributed by atoms with Crippen LogP contribution in [0.1, 0.15) is 17.5 Å². The van der Waals surface area contributed by atoms with Crippen molar-refractivity contribution in [3.8, 4) is 11.6 Å². The minimum atomic E-state index is -0.814. The number of ether oxygens (including phenoxy) is 1. The lowest BCUT2D eigenvalue weighted by molar-refractivity contribution is -0.136. The quantitative estimate of drug-likeness (QED) is 0.844. The maximum atomic E-state index is 10.5. The van der Waals surface area contributed by atoms with Crippen molar-refractivity contribution in [3.63, 3.8) is 0 Å². The minimum absolute atomic E-state index is 0.106. The van der Waals surface area contributed by atoms with Crippen molar-refractivity contribution in [2.75, 3.05) is 0 Å². The van der Waals surface area contributed by atoms with Crippen LogP contribution in [0.15, 0.2) is 42.6 Å². The maximum absolute atomic E-state index is 10.5. The number of benzene rings is 1. The fourth-order valence-electron chi connectivity index (χ4n) is 1.72. The zero-order valence-electron chi connectivity index (χ0n) is 10.8. The average molecular weight is 273 g/mol. The number of nitrogens with zero attached hydrogens (tertiary/aromatic N) is 1. The van der Waals surface area contributed by atoms with Gasteiger partial charge in [-0.15, -0.1) is 0 Å². The predicted octanol–water partition coefficient (Wildman–Crippen LogP) is 2.38. The first-order chi connectivity index (χ1) is 9.69. The Balaban J connectivity index is 2.05. The van der Waals surface area contributed by atoms with E-state index in [1.807, 2.05) is 12.1 Å². The SMILES string of the molecule is O=C(O)CCc1ccc(Oc2ncccc2CO)cc1. The molecule has 0 bridgehead atoms. The largest absolute Gasteiger partial charge is 0.481 e. The summed E-state index contributed by atoms with van der Waals surface area (Å²) >= 11 is 0. The second kappa shape index (κ2) is 6.68. The van der Waals surface area contributed by atoms with Gasteiger partial charge in [-0.2, -0.15) is 0 Å². The molecule has 0 aliphatic heterocycles. The smallest absolute Gasteiger partial charge is 0.303 e. The Morgan fingerprint density at radius 2 is 1.95 bits per heavy atom. The van der Waals surface area contributed by atoms with Gasteiger partial charge in [0.15, 0.2) is 0 Å². The summed E-state index contributed by atoms with van der Waals surface area (Å²) in [6.07, 6.45) is 2.19. The molecule has 2 N–H and O–H groups in total. The molecule has 0 amide bonds. The summed E-state index contributed by atoms with van der Waals surface area (Å²) in [7, 11) is 0. The molecule has 1 aromatic carbocycles. The Labute approximate surface area is 116 Å². The van der Waals surface area contributed by atoms with Crippen LogP contribution >= 0.6 is 0 Å². The van der Waals surface area contributed by atoms with Gasteiger partial charge in [-0.3, -0.25) is 4.79 Å². The normalized spacial score (nSPS) is 10.2. The van der Waals surface area contributed by atoms with E-state index >= 15 is 0 Å². The molecular formula is C15H15NO4. The summed E-state index contributed by atoms with van der Waals surface area (Å²) in [5, 5.41) is 17.8. The molecule has 0 aliphatic carbocycles. The maximum Gasteiger partial charge on any atom is 0.303 e. The van der Waals surface area contributed by atoms with Crippen LogP contribution in [-0.4, -0.2) is 21.2 Å². The van der Waals surface area contributed by atoms with Gasteiger partial charge in [0, 0.05) is 18.2 Å². The molecule has 0 saturated heterocycles. The van der Waals surface area contributed by atoms with Crippen LogP contribution in [0.5, 0.6) is 11.6 Å². The first-order valence-electron chi connectivity index (χ1n) is 6.22. The van der Waals surface area contributed by atoms with Crippen LogP contribution in [0, 0.1) is 0 Å². The first kappa shape index (κ1) is 14.0. The lowest BCUT2D eigenvalue weighted by Gasteiger charge is -2.08. The Morgan fingerprint density at radius 1 is 1.20 bits per heavy atom. The highest BCUT2D eigenvalue weighted by atomic mass is 16.5. The number of carboxylic acids is 1. The van der Waals surface area contributed by atoms with Crippen molar-refractivity contribution in [3.05, 3.63) is 53.7 Å². The number of aliphatic hydroxyl groups is 1. The molecule has 0 atom stereocenters. The molecule has 5 nitrogen and oxygen atoms in total. The number of hydrogen-bond donors (Lipinski definition) is 2. The molecule has 0 radical (unpaired) electrons. The van der Waals surface area contributed by atoms with E-state index in [0.717, 1.165) is 5.56 Å². The van der Waals surface area contributed by atoms with Crippen molar-refractivity contribution < 1.29 is 19.7 Å². The van der Waals surface area contributed by atoms with E-state index in [-0.39, 0.29) is 13.0 Å². The van der Waals surface area contributed by atoms with E-state index in [0.29, 0.717) is 23.6 Å². The number of carboxylic acid groups (broad SMARTS) is 1. The van der Waals surface area contributed by atoms with Crippen molar-refractivity contribution in [2.45, 2.75) is 19.4 Å². The molecule has 1 heterocycles. The van der Waals surface area contributed by atoms with Gasteiger partial charge in [0.25, 0.3) is 0 Å². The van der Waals surface area contributed by atoms with Gasteiger partial charge in [-0.05, 0) is 36.2 Å². The second-order valence-electron chi connectivity index (χ2n) is 4.27. The minimum Gasteiger partial charge on any atom is -0.481 e. The van der Waals surface area contributed by atoms with Crippen LogP contribution < -0.4 is 4.74 Å². The second-order valence-corrected chi connectivity index (χ2v) is 4.27. The molecule has 104 valence electrons. The van der Waals surface area contributed by atoms with Gasteiger partial charge >= 0.3 is 5.97 Å².